The van der Waals surface area contributed by atoms with Gasteiger partial charge in [0.15, 0.2) is 0 Å². The maximum atomic E-state index is 7.89. The highest BCUT2D eigenvalue weighted by molar-refractivity contribution is 5.79. The largest absolute Gasteiger partial charge is 0.384 e. The molecule has 1 aliphatic heterocycles. The van der Waals surface area contributed by atoms with Crippen molar-refractivity contribution in [3.05, 3.63) is 0 Å². The fourth-order valence-corrected chi connectivity index (χ4v) is 2.08. The maximum Gasteiger partial charge on any atom is 0.0957 e. The summed E-state index contributed by atoms with van der Waals surface area (Å²) < 4.78 is 5.17. The molecule has 1 heterocycles. The number of methoxy groups -OCH3 is 1. The van der Waals surface area contributed by atoms with Crippen LogP contribution in [0.1, 0.15) is 32.6 Å². The highest BCUT2D eigenvalue weighted by Gasteiger charge is 2.20. The highest BCUT2D eigenvalue weighted by atomic mass is 16.5. The van der Waals surface area contributed by atoms with Crippen LogP contribution >= 0.6 is 0 Å². The first kappa shape index (κ1) is 11.5. The van der Waals surface area contributed by atoms with Gasteiger partial charge in [-0.3, -0.25) is 5.41 Å². The van der Waals surface area contributed by atoms with E-state index in [-0.39, 0.29) is 0 Å². The number of ether oxygens (including phenoxy) is 1. The molecule has 14 heavy (non-hydrogen) atoms. The van der Waals surface area contributed by atoms with Gasteiger partial charge in [-0.1, -0.05) is 6.92 Å². The average Bonchev–Trinajstić information content (AvgIpc) is 2.19. The van der Waals surface area contributed by atoms with E-state index in [0.717, 1.165) is 38.4 Å². The Labute approximate surface area is 86.9 Å². The smallest absolute Gasteiger partial charge is 0.0957 e. The monoisotopic (exact) mass is 198 g/mol. The molecular weight excluding hydrogens is 176 g/mol. The quantitative estimate of drug-likeness (QED) is 0.555. The van der Waals surface area contributed by atoms with Crippen molar-refractivity contribution in [3.8, 4) is 0 Å². The number of hydrogen-bond acceptors (Lipinski definition) is 2. The van der Waals surface area contributed by atoms with E-state index >= 15 is 0 Å². The zero-order valence-corrected chi connectivity index (χ0v) is 9.38. The summed E-state index contributed by atoms with van der Waals surface area (Å²) in [6.45, 7) is 5.06. The Balaban J connectivity index is 2.35. The number of amidine groups is 1. The maximum absolute atomic E-state index is 7.89. The van der Waals surface area contributed by atoms with Gasteiger partial charge < -0.3 is 9.64 Å². The van der Waals surface area contributed by atoms with Crippen molar-refractivity contribution in [3.63, 3.8) is 0 Å². The zero-order valence-electron chi connectivity index (χ0n) is 9.38. The molecule has 1 aliphatic rings. The standard InChI is InChI=1S/C11H22N2O/c1-3-5-11(12)13-7-4-6-10(8-13)9-14-2/h10,12H,3-9H2,1-2H3. The van der Waals surface area contributed by atoms with Crippen LogP contribution in [0.4, 0.5) is 0 Å². The van der Waals surface area contributed by atoms with Crippen molar-refractivity contribution in [2.45, 2.75) is 32.6 Å². The first-order valence-electron chi connectivity index (χ1n) is 5.59. The van der Waals surface area contributed by atoms with Crippen LogP contribution in [0.25, 0.3) is 0 Å². The lowest BCUT2D eigenvalue weighted by molar-refractivity contribution is 0.114. The summed E-state index contributed by atoms with van der Waals surface area (Å²) in [5.41, 5.74) is 0. The number of hydrogen-bond donors (Lipinski definition) is 1. The van der Waals surface area contributed by atoms with Crippen molar-refractivity contribution >= 4 is 5.84 Å². The van der Waals surface area contributed by atoms with Gasteiger partial charge in [0.05, 0.1) is 12.4 Å². The predicted molar refractivity (Wildman–Crippen MR) is 58.8 cm³/mol. The third-order valence-corrected chi connectivity index (χ3v) is 2.79. The summed E-state index contributed by atoms with van der Waals surface area (Å²) in [5, 5.41) is 7.89. The number of nitrogens with one attached hydrogen (secondary N) is 1. The van der Waals surface area contributed by atoms with Crippen LogP contribution in [0.5, 0.6) is 0 Å². The third kappa shape index (κ3) is 3.29. The second-order valence-corrected chi connectivity index (χ2v) is 4.11. The van der Waals surface area contributed by atoms with E-state index < -0.39 is 0 Å². The Morgan fingerprint density at radius 3 is 3.00 bits per heavy atom. The Kier molecular flexibility index (Phi) is 4.94. The molecule has 0 radical (unpaired) electrons. The molecule has 0 aromatic heterocycles. The molecule has 1 rings (SSSR count). The van der Waals surface area contributed by atoms with E-state index in [9.17, 15) is 0 Å². The summed E-state index contributed by atoms with van der Waals surface area (Å²) in [6, 6.07) is 0. The highest BCUT2D eigenvalue weighted by Crippen LogP contribution is 2.17. The fraction of sp³-hybridized carbons (Fsp3) is 0.909. The topological polar surface area (TPSA) is 36.3 Å². The van der Waals surface area contributed by atoms with E-state index in [1.54, 1.807) is 7.11 Å². The molecule has 0 amide bonds. The molecule has 0 aromatic carbocycles. The van der Waals surface area contributed by atoms with Crippen LogP contribution in [-0.2, 0) is 4.74 Å². The van der Waals surface area contributed by atoms with Crippen molar-refractivity contribution in [2.75, 3.05) is 26.8 Å². The van der Waals surface area contributed by atoms with Crippen LogP contribution < -0.4 is 0 Å². The summed E-state index contributed by atoms with van der Waals surface area (Å²) in [5.74, 6) is 1.44. The van der Waals surface area contributed by atoms with Gasteiger partial charge in [0.25, 0.3) is 0 Å². The molecule has 1 N–H and O–H groups in total. The molecule has 3 heteroatoms. The molecule has 1 unspecified atom stereocenters. The van der Waals surface area contributed by atoms with Crippen molar-refractivity contribution in [2.24, 2.45) is 5.92 Å². The minimum Gasteiger partial charge on any atom is -0.384 e. The lowest BCUT2D eigenvalue weighted by Gasteiger charge is -2.34. The first-order chi connectivity index (χ1) is 6.77. The van der Waals surface area contributed by atoms with Gasteiger partial charge in [-0.15, -0.1) is 0 Å². The second-order valence-electron chi connectivity index (χ2n) is 4.11. The first-order valence-corrected chi connectivity index (χ1v) is 5.59. The van der Waals surface area contributed by atoms with Gasteiger partial charge in [0.2, 0.25) is 0 Å². The van der Waals surface area contributed by atoms with Gasteiger partial charge >= 0.3 is 0 Å². The second kappa shape index (κ2) is 6.02. The van der Waals surface area contributed by atoms with Gasteiger partial charge in [0.1, 0.15) is 0 Å². The molecule has 0 aromatic rings. The molecular formula is C11H22N2O. The van der Waals surface area contributed by atoms with Crippen molar-refractivity contribution in [1.82, 2.24) is 4.90 Å². The van der Waals surface area contributed by atoms with Crippen molar-refractivity contribution in [1.29, 1.82) is 5.41 Å². The molecule has 1 saturated heterocycles. The van der Waals surface area contributed by atoms with Gasteiger partial charge in [-0.05, 0) is 25.2 Å². The van der Waals surface area contributed by atoms with Crippen LogP contribution in [0.3, 0.4) is 0 Å². The third-order valence-electron chi connectivity index (χ3n) is 2.79. The van der Waals surface area contributed by atoms with Crippen LogP contribution in [0.2, 0.25) is 0 Å². The molecule has 0 bridgehead atoms. The van der Waals surface area contributed by atoms with E-state index in [2.05, 4.69) is 11.8 Å². The summed E-state index contributed by atoms with van der Waals surface area (Å²) in [6.07, 6.45) is 4.45. The van der Waals surface area contributed by atoms with Gasteiger partial charge in [-0.25, -0.2) is 0 Å². The summed E-state index contributed by atoms with van der Waals surface area (Å²) in [4.78, 5) is 2.22. The Morgan fingerprint density at radius 2 is 2.36 bits per heavy atom. The number of nitrogens with zero attached hydrogens (tertiary/aromatic N) is 1. The van der Waals surface area contributed by atoms with E-state index in [4.69, 9.17) is 10.1 Å². The lowest BCUT2D eigenvalue weighted by Crippen LogP contribution is -2.40. The molecule has 1 atom stereocenters. The molecule has 0 spiro atoms. The SMILES string of the molecule is CCCC(=N)N1CCCC(COC)C1. The molecule has 0 saturated carbocycles. The molecule has 1 fully saturated rings. The van der Waals surface area contributed by atoms with Gasteiger partial charge in [-0.2, -0.15) is 0 Å². The normalized spacial score (nSPS) is 22.4. The lowest BCUT2D eigenvalue weighted by atomic mass is 9.98. The van der Waals surface area contributed by atoms with Crippen LogP contribution in [-0.4, -0.2) is 37.5 Å². The van der Waals surface area contributed by atoms with Crippen molar-refractivity contribution < 1.29 is 4.74 Å². The number of piperidine rings is 1. The predicted octanol–water partition coefficient (Wildman–Crippen LogP) is 2.12. The van der Waals surface area contributed by atoms with E-state index in [1.165, 1.54) is 12.8 Å². The zero-order chi connectivity index (χ0) is 10.4. The molecule has 3 nitrogen and oxygen atoms in total. The van der Waals surface area contributed by atoms with E-state index in [0.29, 0.717) is 5.92 Å². The minimum atomic E-state index is 0.631. The summed E-state index contributed by atoms with van der Waals surface area (Å²) >= 11 is 0. The number of rotatable bonds is 4. The van der Waals surface area contributed by atoms with Gasteiger partial charge in [0, 0.05) is 26.6 Å². The Morgan fingerprint density at radius 1 is 1.57 bits per heavy atom. The summed E-state index contributed by atoms with van der Waals surface area (Å²) in [7, 11) is 1.76. The van der Waals surface area contributed by atoms with Crippen LogP contribution in [0, 0.1) is 11.3 Å². The minimum absolute atomic E-state index is 0.631. The molecule has 82 valence electrons. The Hall–Kier alpha value is -0.570. The average molecular weight is 198 g/mol. The number of likely N-dealkylation sites (tertiary alicyclic amines) is 1. The molecule has 0 aliphatic carbocycles. The van der Waals surface area contributed by atoms with E-state index in [1.807, 2.05) is 0 Å². The fourth-order valence-electron chi connectivity index (χ4n) is 2.08. The Bertz CT molecular complexity index is 180. The van der Waals surface area contributed by atoms with Crippen LogP contribution in [0.15, 0.2) is 0 Å².